The van der Waals surface area contributed by atoms with E-state index in [1.165, 1.54) is 10.9 Å². The van der Waals surface area contributed by atoms with E-state index in [9.17, 15) is 0 Å². The van der Waals surface area contributed by atoms with Crippen molar-refractivity contribution in [1.82, 2.24) is 15.1 Å². The first-order valence-corrected chi connectivity index (χ1v) is 6.69. The topological polar surface area (TPSA) is 39.1 Å². The Morgan fingerprint density at radius 3 is 2.68 bits per heavy atom. The number of nitrogens with one attached hydrogen (secondary N) is 1. The monoisotopic (exact) mass is 261 g/mol. The minimum Gasteiger partial charge on any atom is -0.383 e. The van der Waals surface area contributed by atoms with Crippen molar-refractivity contribution in [3.8, 4) is 0 Å². The van der Waals surface area contributed by atoms with Gasteiger partial charge in [-0.2, -0.15) is 5.10 Å². The van der Waals surface area contributed by atoms with E-state index < -0.39 is 0 Å². The van der Waals surface area contributed by atoms with Crippen LogP contribution >= 0.6 is 0 Å². The number of rotatable bonds is 5. The predicted octanol–water partition coefficient (Wildman–Crippen LogP) is 2.57. The lowest BCUT2D eigenvalue weighted by molar-refractivity contribution is 0.184. The molecule has 0 atom stereocenters. The molecule has 0 aliphatic heterocycles. The molecule has 2 rings (SSSR count). The Balaban J connectivity index is 2.28. The second-order valence-electron chi connectivity index (χ2n) is 5.78. The Morgan fingerprint density at radius 2 is 2.00 bits per heavy atom. The fourth-order valence-electron chi connectivity index (χ4n) is 2.02. The average molecular weight is 261 g/mol. The third kappa shape index (κ3) is 3.55. The number of fused-ring (bicyclic) bond motifs is 1. The summed E-state index contributed by atoms with van der Waals surface area (Å²) in [6.45, 7) is 8.74. The number of hydrogen-bond acceptors (Lipinski definition) is 3. The largest absolute Gasteiger partial charge is 0.383 e. The highest BCUT2D eigenvalue weighted by Crippen LogP contribution is 2.19. The van der Waals surface area contributed by atoms with Crippen molar-refractivity contribution in [2.24, 2.45) is 0 Å². The van der Waals surface area contributed by atoms with Gasteiger partial charge in [0.15, 0.2) is 0 Å². The third-order valence-corrected chi connectivity index (χ3v) is 3.03. The molecule has 2 aromatic rings. The maximum absolute atomic E-state index is 5.14. The predicted molar refractivity (Wildman–Crippen MR) is 78.2 cm³/mol. The first kappa shape index (κ1) is 14.0. The van der Waals surface area contributed by atoms with Crippen LogP contribution in [-0.2, 0) is 17.8 Å². The zero-order chi connectivity index (χ0) is 13.9. The van der Waals surface area contributed by atoms with Crippen molar-refractivity contribution in [2.75, 3.05) is 13.7 Å². The standard InChI is InChI=1S/C15H23N3O/c1-15(2,3)16-11-13-12-7-5-6-8-14(12)18(17-13)9-10-19-4/h5-8,16H,9-11H2,1-4H3. The van der Waals surface area contributed by atoms with Gasteiger partial charge in [-0.1, -0.05) is 18.2 Å². The van der Waals surface area contributed by atoms with Gasteiger partial charge >= 0.3 is 0 Å². The maximum atomic E-state index is 5.14. The number of hydrogen-bond donors (Lipinski definition) is 1. The molecule has 4 nitrogen and oxygen atoms in total. The van der Waals surface area contributed by atoms with E-state index >= 15 is 0 Å². The van der Waals surface area contributed by atoms with Crippen LogP contribution in [0.25, 0.3) is 10.9 Å². The Morgan fingerprint density at radius 1 is 1.26 bits per heavy atom. The number of nitrogens with zero attached hydrogens (tertiary/aromatic N) is 2. The summed E-state index contributed by atoms with van der Waals surface area (Å²) in [4.78, 5) is 0. The van der Waals surface area contributed by atoms with Crippen LogP contribution in [0.15, 0.2) is 24.3 Å². The highest BCUT2D eigenvalue weighted by Gasteiger charge is 2.13. The van der Waals surface area contributed by atoms with Crippen LogP contribution in [0.4, 0.5) is 0 Å². The number of aromatic nitrogens is 2. The van der Waals surface area contributed by atoms with Crippen molar-refractivity contribution in [3.05, 3.63) is 30.0 Å². The summed E-state index contributed by atoms with van der Waals surface area (Å²) in [6, 6.07) is 8.35. The average Bonchev–Trinajstić information content (AvgIpc) is 2.72. The number of ether oxygens (including phenoxy) is 1. The van der Waals surface area contributed by atoms with Gasteiger partial charge in [0.25, 0.3) is 0 Å². The smallest absolute Gasteiger partial charge is 0.0841 e. The molecular weight excluding hydrogens is 238 g/mol. The highest BCUT2D eigenvalue weighted by molar-refractivity contribution is 5.81. The zero-order valence-electron chi connectivity index (χ0n) is 12.2. The quantitative estimate of drug-likeness (QED) is 0.899. The molecule has 0 amide bonds. The molecule has 0 fully saturated rings. The number of benzene rings is 1. The van der Waals surface area contributed by atoms with E-state index in [4.69, 9.17) is 9.84 Å². The van der Waals surface area contributed by atoms with Crippen LogP contribution in [-0.4, -0.2) is 29.0 Å². The van der Waals surface area contributed by atoms with Crippen LogP contribution < -0.4 is 5.32 Å². The van der Waals surface area contributed by atoms with Crippen LogP contribution in [0.1, 0.15) is 26.5 Å². The van der Waals surface area contributed by atoms with Crippen molar-refractivity contribution >= 4 is 10.9 Å². The molecule has 0 spiro atoms. The van der Waals surface area contributed by atoms with Crippen molar-refractivity contribution in [3.63, 3.8) is 0 Å². The van der Waals surface area contributed by atoms with Crippen molar-refractivity contribution < 1.29 is 4.74 Å². The molecule has 1 aromatic carbocycles. The van der Waals surface area contributed by atoms with Gasteiger partial charge in [0.1, 0.15) is 0 Å². The molecule has 1 heterocycles. The highest BCUT2D eigenvalue weighted by atomic mass is 16.5. The Bertz CT molecular complexity index is 540. The van der Waals surface area contributed by atoms with Crippen LogP contribution in [0.3, 0.4) is 0 Å². The third-order valence-electron chi connectivity index (χ3n) is 3.03. The first-order chi connectivity index (χ1) is 9.01. The summed E-state index contributed by atoms with van der Waals surface area (Å²) in [7, 11) is 1.72. The van der Waals surface area contributed by atoms with Crippen LogP contribution in [0.2, 0.25) is 0 Å². The summed E-state index contributed by atoms with van der Waals surface area (Å²) in [6.07, 6.45) is 0. The van der Waals surface area contributed by atoms with E-state index in [2.05, 4.69) is 44.3 Å². The van der Waals surface area contributed by atoms with Gasteiger partial charge in [0, 0.05) is 24.6 Å². The van der Waals surface area contributed by atoms with Gasteiger partial charge in [0.05, 0.1) is 24.4 Å². The second kappa shape index (κ2) is 5.72. The molecule has 0 aliphatic rings. The van der Waals surface area contributed by atoms with Gasteiger partial charge in [-0.15, -0.1) is 0 Å². The Kier molecular flexibility index (Phi) is 4.22. The molecule has 0 aliphatic carbocycles. The van der Waals surface area contributed by atoms with Crippen molar-refractivity contribution in [1.29, 1.82) is 0 Å². The lowest BCUT2D eigenvalue weighted by Crippen LogP contribution is -2.35. The molecule has 0 saturated heterocycles. The minimum absolute atomic E-state index is 0.0947. The summed E-state index contributed by atoms with van der Waals surface area (Å²) in [5.41, 5.74) is 2.36. The molecule has 1 N–H and O–H groups in total. The lowest BCUT2D eigenvalue weighted by atomic mass is 10.1. The SMILES string of the molecule is COCCn1nc(CNC(C)(C)C)c2ccccc21. The fraction of sp³-hybridized carbons (Fsp3) is 0.533. The molecule has 1 aromatic heterocycles. The molecule has 0 unspecified atom stereocenters. The molecular formula is C15H23N3O. The molecule has 0 saturated carbocycles. The summed E-state index contributed by atoms with van der Waals surface area (Å²) in [5, 5.41) is 9.41. The number of para-hydroxylation sites is 1. The molecule has 0 radical (unpaired) electrons. The molecule has 104 valence electrons. The minimum atomic E-state index is 0.0947. The van der Waals surface area contributed by atoms with Gasteiger partial charge in [-0.05, 0) is 26.8 Å². The van der Waals surface area contributed by atoms with Gasteiger partial charge in [0.2, 0.25) is 0 Å². The fourth-order valence-corrected chi connectivity index (χ4v) is 2.02. The van der Waals surface area contributed by atoms with E-state index in [-0.39, 0.29) is 5.54 Å². The van der Waals surface area contributed by atoms with Crippen molar-refractivity contribution in [2.45, 2.75) is 39.4 Å². The van der Waals surface area contributed by atoms with E-state index in [0.29, 0.717) is 6.61 Å². The normalized spacial score (nSPS) is 12.2. The maximum Gasteiger partial charge on any atom is 0.0841 e. The number of methoxy groups -OCH3 is 1. The summed E-state index contributed by atoms with van der Waals surface area (Å²) >= 11 is 0. The second-order valence-corrected chi connectivity index (χ2v) is 5.78. The molecule has 4 heteroatoms. The van der Waals surface area contributed by atoms with E-state index in [1.807, 2.05) is 10.7 Å². The van der Waals surface area contributed by atoms with Gasteiger partial charge in [-0.3, -0.25) is 4.68 Å². The lowest BCUT2D eigenvalue weighted by Gasteiger charge is -2.19. The van der Waals surface area contributed by atoms with Gasteiger partial charge < -0.3 is 10.1 Å². The zero-order valence-corrected chi connectivity index (χ0v) is 12.2. The van der Waals surface area contributed by atoms with Crippen LogP contribution in [0.5, 0.6) is 0 Å². The van der Waals surface area contributed by atoms with E-state index in [1.54, 1.807) is 7.11 Å². The summed E-state index contributed by atoms with van der Waals surface area (Å²) in [5.74, 6) is 0. The van der Waals surface area contributed by atoms with E-state index in [0.717, 1.165) is 18.8 Å². The molecule has 19 heavy (non-hydrogen) atoms. The first-order valence-electron chi connectivity index (χ1n) is 6.69. The summed E-state index contributed by atoms with van der Waals surface area (Å²) < 4.78 is 7.17. The molecule has 0 bridgehead atoms. The van der Waals surface area contributed by atoms with Gasteiger partial charge in [-0.25, -0.2) is 0 Å². The Hall–Kier alpha value is -1.39. The van der Waals surface area contributed by atoms with Crippen LogP contribution in [0, 0.1) is 0 Å². The Labute approximate surface area is 114 Å².